The number of hydrogen-bond acceptors (Lipinski definition) is 2. The highest BCUT2D eigenvalue weighted by Gasteiger charge is 2.17. The third-order valence-electron chi connectivity index (χ3n) is 4.64. The zero-order valence-electron chi connectivity index (χ0n) is 16.6. The second-order valence-electron chi connectivity index (χ2n) is 7.44. The van der Waals surface area contributed by atoms with Gasteiger partial charge in [0, 0.05) is 23.4 Å². The topological polar surface area (TPSA) is 41.1 Å². The molecule has 2 N–H and O–H groups in total. The first-order valence-corrected chi connectivity index (χ1v) is 9.31. The first-order valence-electron chi connectivity index (χ1n) is 9.31. The van der Waals surface area contributed by atoms with Gasteiger partial charge in [-0.3, -0.25) is 4.79 Å². The maximum absolute atomic E-state index is 13.9. The van der Waals surface area contributed by atoms with E-state index in [9.17, 15) is 13.6 Å². The molecule has 0 saturated heterocycles. The van der Waals surface area contributed by atoms with Crippen LogP contribution in [0.3, 0.4) is 0 Å². The summed E-state index contributed by atoms with van der Waals surface area (Å²) < 4.78 is 26.9. The van der Waals surface area contributed by atoms with E-state index < -0.39 is 17.7 Å². The van der Waals surface area contributed by atoms with Crippen LogP contribution < -0.4 is 10.6 Å². The third kappa shape index (κ3) is 5.36. The number of benzene rings is 2. The van der Waals surface area contributed by atoms with Gasteiger partial charge < -0.3 is 10.6 Å². The minimum absolute atomic E-state index is 0.0297. The van der Waals surface area contributed by atoms with Gasteiger partial charge in [0.2, 0.25) is 5.91 Å². The van der Waals surface area contributed by atoms with E-state index in [0.29, 0.717) is 5.56 Å². The highest BCUT2D eigenvalue weighted by atomic mass is 19.1. The van der Waals surface area contributed by atoms with Crippen molar-refractivity contribution in [1.29, 1.82) is 0 Å². The lowest BCUT2D eigenvalue weighted by molar-refractivity contribution is -0.115. The summed E-state index contributed by atoms with van der Waals surface area (Å²) in [6.07, 6.45) is 0. The molecule has 2 rings (SSSR count). The number of halogens is 2. The molecule has 0 aliphatic carbocycles. The zero-order chi connectivity index (χ0) is 20.1. The highest BCUT2D eigenvalue weighted by Crippen LogP contribution is 2.32. The fraction of sp³-hybridized carbons (Fsp3) is 0.409. The lowest BCUT2D eigenvalue weighted by Gasteiger charge is -2.21. The van der Waals surface area contributed by atoms with Gasteiger partial charge in [-0.1, -0.05) is 52.0 Å². The van der Waals surface area contributed by atoms with Gasteiger partial charge in [-0.25, -0.2) is 8.78 Å². The summed E-state index contributed by atoms with van der Waals surface area (Å²) in [4.78, 5) is 12.5. The Balaban J connectivity index is 2.10. The van der Waals surface area contributed by atoms with E-state index >= 15 is 0 Å². The molecule has 0 aliphatic heterocycles. The minimum atomic E-state index is -0.623. The van der Waals surface area contributed by atoms with Gasteiger partial charge >= 0.3 is 0 Å². The smallest absolute Gasteiger partial charge is 0.238 e. The fourth-order valence-electron chi connectivity index (χ4n) is 3.09. The van der Waals surface area contributed by atoms with Crippen LogP contribution in [0.2, 0.25) is 0 Å². The van der Waals surface area contributed by atoms with Crippen LogP contribution in [0.5, 0.6) is 0 Å². The number of para-hydroxylation sites is 1. The average Bonchev–Trinajstić information content (AvgIpc) is 2.59. The molecule has 0 spiro atoms. The SMILES string of the molecule is CC(C)c1cccc(C(C)C)c1NC(=O)CN[C@@H](C)c1ccc(F)cc1F. The number of hydrogen-bond donors (Lipinski definition) is 2. The number of carbonyl (C=O) groups is 1. The maximum atomic E-state index is 13.9. The Bertz CT molecular complexity index is 777. The fourth-order valence-corrected chi connectivity index (χ4v) is 3.09. The zero-order valence-corrected chi connectivity index (χ0v) is 16.6. The van der Waals surface area contributed by atoms with Gasteiger partial charge in [0.15, 0.2) is 0 Å². The van der Waals surface area contributed by atoms with Crippen molar-refractivity contribution in [2.75, 3.05) is 11.9 Å². The molecule has 2 aromatic rings. The number of carbonyl (C=O) groups excluding carboxylic acids is 1. The van der Waals surface area contributed by atoms with Crippen molar-refractivity contribution < 1.29 is 13.6 Å². The molecule has 1 atom stereocenters. The van der Waals surface area contributed by atoms with E-state index in [4.69, 9.17) is 0 Å². The monoisotopic (exact) mass is 374 g/mol. The van der Waals surface area contributed by atoms with Crippen LogP contribution >= 0.6 is 0 Å². The lowest BCUT2D eigenvalue weighted by atomic mass is 9.92. The van der Waals surface area contributed by atoms with Crippen LogP contribution in [-0.4, -0.2) is 12.5 Å². The van der Waals surface area contributed by atoms with Crippen molar-refractivity contribution in [3.05, 3.63) is 64.7 Å². The van der Waals surface area contributed by atoms with Crippen LogP contribution in [0.15, 0.2) is 36.4 Å². The second kappa shape index (κ2) is 9.09. The van der Waals surface area contributed by atoms with E-state index in [1.54, 1.807) is 6.92 Å². The lowest BCUT2D eigenvalue weighted by Crippen LogP contribution is -2.31. The summed E-state index contributed by atoms with van der Waals surface area (Å²) >= 11 is 0. The molecule has 3 nitrogen and oxygen atoms in total. The van der Waals surface area contributed by atoms with Gasteiger partial charge in [-0.2, -0.15) is 0 Å². The molecule has 1 amide bonds. The summed E-state index contributed by atoms with van der Waals surface area (Å²) in [7, 11) is 0. The van der Waals surface area contributed by atoms with Crippen molar-refractivity contribution in [1.82, 2.24) is 5.32 Å². The molecule has 0 unspecified atom stereocenters. The van der Waals surface area contributed by atoms with E-state index in [1.807, 2.05) is 18.2 Å². The van der Waals surface area contributed by atoms with E-state index in [-0.39, 0.29) is 24.3 Å². The van der Waals surface area contributed by atoms with Crippen LogP contribution in [-0.2, 0) is 4.79 Å². The molecule has 0 bridgehead atoms. The Morgan fingerprint density at radius 2 is 1.52 bits per heavy atom. The van der Waals surface area contributed by atoms with Gasteiger partial charge in [0.05, 0.1) is 6.54 Å². The predicted octanol–water partition coefficient (Wildman–Crippen LogP) is 5.50. The van der Waals surface area contributed by atoms with Crippen molar-refractivity contribution in [3.63, 3.8) is 0 Å². The van der Waals surface area contributed by atoms with Gasteiger partial charge in [-0.15, -0.1) is 0 Å². The molecule has 0 aliphatic rings. The largest absolute Gasteiger partial charge is 0.324 e. The number of nitrogens with one attached hydrogen (secondary N) is 2. The van der Waals surface area contributed by atoms with Gasteiger partial charge in [0.25, 0.3) is 0 Å². The maximum Gasteiger partial charge on any atom is 0.238 e. The van der Waals surface area contributed by atoms with Gasteiger partial charge in [-0.05, 0) is 36.0 Å². The Kier molecular flexibility index (Phi) is 7.08. The first-order chi connectivity index (χ1) is 12.7. The molecular formula is C22H28F2N2O. The second-order valence-corrected chi connectivity index (χ2v) is 7.44. The summed E-state index contributed by atoms with van der Waals surface area (Å²) in [5.41, 5.74) is 3.36. The Labute approximate surface area is 160 Å². The third-order valence-corrected chi connectivity index (χ3v) is 4.64. The van der Waals surface area contributed by atoms with Crippen LogP contribution in [0.1, 0.15) is 69.2 Å². The minimum Gasteiger partial charge on any atom is -0.324 e. The molecule has 27 heavy (non-hydrogen) atoms. The van der Waals surface area contributed by atoms with Crippen molar-refractivity contribution in [2.24, 2.45) is 0 Å². The highest BCUT2D eigenvalue weighted by molar-refractivity contribution is 5.94. The molecule has 0 saturated carbocycles. The molecule has 0 radical (unpaired) electrons. The molecule has 146 valence electrons. The predicted molar refractivity (Wildman–Crippen MR) is 106 cm³/mol. The summed E-state index contributed by atoms with van der Waals surface area (Å²) in [6.45, 7) is 10.1. The van der Waals surface area contributed by atoms with E-state index in [2.05, 4.69) is 38.3 Å². The number of amides is 1. The summed E-state index contributed by atoms with van der Waals surface area (Å²) in [6, 6.07) is 9.10. The van der Waals surface area contributed by atoms with E-state index in [1.165, 1.54) is 12.1 Å². The molecule has 2 aromatic carbocycles. The molecular weight excluding hydrogens is 346 g/mol. The van der Waals surface area contributed by atoms with Crippen LogP contribution in [0.25, 0.3) is 0 Å². The number of rotatable bonds is 7. The van der Waals surface area contributed by atoms with Gasteiger partial charge in [0.1, 0.15) is 11.6 Å². The first kappa shape index (κ1) is 21.0. The molecule has 0 fully saturated rings. The van der Waals surface area contributed by atoms with Crippen LogP contribution in [0, 0.1) is 11.6 Å². The Morgan fingerprint density at radius 1 is 0.926 bits per heavy atom. The molecule has 0 aromatic heterocycles. The van der Waals surface area contributed by atoms with Crippen LogP contribution in [0.4, 0.5) is 14.5 Å². The van der Waals surface area contributed by atoms with Crippen molar-refractivity contribution >= 4 is 11.6 Å². The molecule has 5 heteroatoms. The van der Waals surface area contributed by atoms with Crippen molar-refractivity contribution in [2.45, 2.75) is 52.5 Å². The average molecular weight is 374 g/mol. The summed E-state index contributed by atoms with van der Waals surface area (Å²) in [5.74, 6) is -0.881. The normalized spacial score (nSPS) is 12.5. The van der Waals surface area contributed by atoms with E-state index in [0.717, 1.165) is 22.9 Å². The Hall–Kier alpha value is -2.27. The van der Waals surface area contributed by atoms with Crippen molar-refractivity contribution in [3.8, 4) is 0 Å². The Morgan fingerprint density at radius 3 is 2.04 bits per heavy atom. The standard InChI is InChI=1S/C22H28F2N2O/c1-13(2)17-7-6-8-18(14(3)4)22(17)26-21(27)12-25-15(5)19-10-9-16(23)11-20(19)24/h6-11,13-15,25H,12H2,1-5H3,(H,26,27)/t15-/m0/s1. The number of anilines is 1. The molecule has 0 heterocycles. The quantitative estimate of drug-likeness (QED) is 0.672. The summed E-state index contributed by atoms with van der Waals surface area (Å²) in [5, 5.41) is 6.02.